The molecule has 8 heavy (non-hydrogen) atoms. The van der Waals surface area contributed by atoms with E-state index in [0.717, 1.165) is 0 Å². The van der Waals surface area contributed by atoms with E-state index in [1.165, 1.54) is 0 Å². The second-order valence-electron chi connectivity index (χ2n) is 0.598. The molecule has 3 N–H and O–H groups in total. The molecule has 0 atom stereocenters. The molecular formula is C2H9AlClNO2Zr. The normalized spacial score (nSPS) is 4.62. The Kier molecular flexibility index (Phi) is 45.0. The Bertz CT molecular complexity index is 55.3. The minimum Gasteiger partial charge on any atom is -0.480 e. The number of rotatable bonds is 1. The van der Waals surface area contributed by atoms with Crippen molar-refractivity contribution in [1.29, 1.82) is 0 Å². The third-order valence-electron chi connectivity index (χ3n) is 0.175. The van der Waals surface area contributed by atoms with Crippen molar-refractivity contribution in [2.75, 3.05) is 6.54 Å². The Morgan fingerprint density at radius 2 is 1.75 bits per heavy atom. The molecule has 0 spiro atoms. The van der Waals surface area contributed by atoms with Crippen LogP contribution in [0.25, 0.3) is 0 Å². The van der Waals surface area contributed by atoms with Gasteiger partial charge in [-0.15, -0.1) is 12.4 Å². The second-order valence-corrected chi connectivity index (χ2v) is 0.598. The fourth-order valence-corrected chi connectivity index (χ4v) is 0. The van der Waals surface area contributed by atoms with Crippen molar-refractivity contribution in [2.45, 2.75) is 0 Å². The molecule has 0 rings (SSSR count). The third-order valence-corrected chi connectivity index (χ3v) is 0.175. The molecule has 0 heterocycles. The molecule has 0 saturated heterocycles. The Hall–Kier alpha value is 1.14. The molecule has 48 valence electrons. The smallest absolute Gasteiger partial charge is 0.317 e. The van der Waals surface area contributed by atoms with Gasteiger partial charge in [0.25, 0.3) is 0 Å². The molecule has 0 aliphatic heterocycles. The van der Waals surface area contributed by atoms with Gasteiger partial charge >= 0.3 is 5.97 Å². The van der Waals surface area contributed by atoms with Crippen LogP contribution in [0, 0.1) is 0 Å². The maximum absolute atomic E-state index is 9.24. The van der Waals surface area contributed by atoms with Crippen LogP contribution in [-0.4, -0.2) is 35.0 Å². The van der Waals surface area contributed by atoms with Gasteiger partial charge in [-0.25, -0.2) is 0 Å². The van der Waals surface area contributed by atoms with Crippen LogP contribution in [0.4, 0.5) is 0 Å². The molecule has 0 unspecified atom stereocenters. The van der Waals surface area contributed by atoms with Gasteiger partial charge in [0.1, 0.15) is 0 Å². The summed E-state index contributed by atoms with van der Waals surface area (Å²) in [5.74, 6) is -0.968. The predicted molar refractivity (Wildman–Crippen MR) is 33.9 cm³/mol. The average molecular weight is 233 g/mol. The first kappa shape index (κ1) is 22.9. The van der Waals surface area contributed by atoms with E-state index >= 15 is 0 Å². The van der Waals surface area contributed by atoms with Crippen LogP contribution in [-0.2, 0) is 31.0 Å². The maximum atomic E-state index is 9.24. The van der Waals surface area contributed by atoms with Gasteiger partial charge in [-0.3, -0.25) is 4.79 Å². The Labute approximate surface area is 83.7 Å². The summed E-state index contributed by atoms with van der Waals surface area (Å²) in [4.78, 5) is 9.24. The summed E-state index contributed by atoms with van der Waals surface area (Å²) in [6, 6.07) is 0. The summed E-state index contributed by atoms with van der Waals surface area (Å²) >= 11 is 0. The van der Waals surface area contributed by atoms with E-state index in [0.29, 0.717) is 0 Å². The molecule has 3 nitrogen and oxygen atoms in total. The summed E-state index contributed by atoms with van der Waals surface area (Å²) < 4.78 is 0. The summed E-state index contributed by atoms with van der Waals surface area (Å²) in [5, 5.41) is 7.60. The fraction of sp³-hybridized carbons (Fsp3) is 0.500. The van der Waals surface area contributed by atoms with Gasteiger partial charge < -0.3 is 10.8 Å². The number of nitrogens with two attached hydrogens (primary N) is 1. The van der Waals surface area contributed by atoms with Crippen molar-refractivity contribution in [2.24, 2.45) is 5.73 Å². The summed E-state index contributed by atoms with van der Waals surface area (Å²) in [6.45, 7) is -0.278. The summed E-state index contributed by atoms with van der Waals surface area (Å²) in [5.41, 5.74) is 4.57. The fourth-order valence-electron chi connectivity index (χ4n) is 0. The van der Waals surface area contributed by atoms with Gasteiger partial charge in [-0.2, -0.15) is 0 Å². The van der Waals surface area contributed by atoms with Crippen molar-refractivity contribution >= 4 is 35.7 Å². The number of hydrogen-bond donors (Lipinski definition) is 2. The first-order valence-corrected chi connectivity index (χ1v) is 1.19. The molecular weight excluding hydrogens is 224 g/mol. The maximum Gasteiger partial charge on any atom is 0.317 e. The van der Waals surface area contributed by atoms with E-state index < -0.39 is 5.97 Å². The summed E-state index contributed by atoms with van der Waals surface area (Å²) in [7, 11) is 0. The van der Waals surface area contributed by atoms with Crippen molar-refractivity contribution < 1.29 is 36.1 Å². The molecule has 0 fully saturated rings. The van der Waals surface area contributed by atoms with Gasteiger partial charge in [0, 0.05) is 26.2 Å². The predicted octanol–water partition coefficient (Wildman–Crippen LogP) is -1.73. The topological polar surface area (TPSA) is 63.3 Å². The van der Waals surface area contributed by atoms with E-state index in [1.807, 2.05) is 0 Å². The molecule has 0 aliphatic rings. The number of halogens is 1. The molecule has 0 amide bonds. The Balaban J connectivity index is -0.0000000267. The van der Waals surface area contributed by atoms with Crippen molar-refractivity contribution in [3.8, 4) is 0 Å². The van der Waals surface area contributed by atoms with E-state index in [9.17, 15) is 4.79 Å². The van der Waals surface area contributed by atoms with Gasteiger partial charge in [0.2, 0.25) is 0 Å². The second kappa shape index (κ2) is 15.7. The molecule has 6 heteroatoms. The number of carboxylic acid groups (broad SMARTS) is 1. The van der Waals surface area contributed by atoms with E-state index in [2.05, 4.69) is 5.73 Å². The number of carbonyl (C=O) groups is 1. The van der Waals surface area contributed by atoms with Crippen LogP contribution in [0.3, 0.4) is 0 Å². The SMILES string of the molecule is Cl.NCC(=O)O.[AlH3].[Zr]. The quantitative estimate of drug-likeness (QED) is 0.528. The molecule has 0 aliphatic carbocycles. The zero-order chi connectivity index (χ0) is 4.28. The van der Waals surface area contributed by atoms with Crippen molar-refractivity contribution in [3.05, 3.63) is 0 Å². The van der Waals surface area contributed by atoms with Gasteiger partial charge in [-0.1, -0.05) is 0 Å². The minimum atomic E-state index is -0.968. The van der Waals surface area contributed by atoms with E-state index in [1.54, 1.807) is 0 Å². The minimum absolute atomic E-state index is 0. The van der Waals surface area contributed by atoms with E-state index in [4.69, 9.17) is 5.11 Å². The number of carboxylic acids is 1. The third kappa shape index (κ3) is 27.3. The Morgan fingerprint density at radius 3 is 1.75 bits per heavy atom. The largest absolute Gasteiger partial charge is 0.480 e. The van der Waals surface area contributed by atoms with Crippen LogP contribution in [0.2, 0.25) is 0 Å². The van der Waals surface area contributed by atoms with Gasteiger partial charge in [0.15, 0.2) is 17.4 Å². The van der Waals surface area contributed by atoms with Crippen molar-refractivity contribution in [3.63, 3.8) is 0 Å². The van der Waals surface area contributed by atoms with E-state index in [-0.39, 0.29) is 62.5 Å². The van der Waals surface area contributed by atoms with Crippen molar-refractivity contribution in [1.82, 2.24) is 0 Å². The first-order valence-electron chi connectivity index (χ1n) is 1.19. The van der Waals surface area contributed by atoms with Crippen LogP contribution in [0.1, 0.15) is 0 Å². The van der Waals surface area contributed by atoms with Crippen LogP contribution in [0.5, 0.6) is 0 Å². The molecule has 0 bridgehead atoms. The monoisotopic (exact) mass is 231 g/mol. The zero-order valence-corrected chi connectivity index (χ0v) is 6.82. The molecule has 0 aromatic carbocycles. The van der Waals surface area contributed by atoms with Crippen LogP contribution >= 0.6 is 12.4 Å². The average Bonchev–Trinajstić information content (AvgIpc) is 1.38. The molecule has 0 saturated carbocycles. The summed E-state index contributed by atoms with van der Waals surface area (Å²) in [6.07, 6.45) is 0. The number of aliphatic carboxylic acids is 1. The van der Waals surface area contributed by atoms with Gasteiger partial charge in [-0.05, 0) is 0 Å². The molecule has 0 aromatic rings. The van der Waals surface area contributed by atoms with Crippen LogP contribution < -0.4 is 5.73 Å². The molecule has 0 aromatic heterocycles. The Morgan fingerprint density at radius 1 is 1.62 bits per heavy atom. The first-order chi connectivity index (χ1) is 2.27. The molecule has 0 radical (unpaired) electrons. The number of hydrogen-bond acceptors (Lipinski definition) is 2. The van der Waals surface area contributed by atoms with Crippen LogP contribution in [0.15, 0.2) is 0 Å². The zero-order valence-electron chi connectivity index (χ0n) is 3.55. The standard InChI is InChI=1S/C2H5NO2.Al.ClH.Zr.3H/c3-1-2(4)5;;;;;;/h1,3H2,(H,4,5);;1H;;;;. The van der Waals surface area contributed by atoms with Gasteiger partial charge in [0.05, 0.1) is 6.54 Å².